The number of amides is 3. The number of benzene rings is 2. The zero-order chi connectivity index (χ0) is 25.4. The van der Waals surface area contributed by atoms with Crippen molar-refractivity contribution in [3.8, 4) is 22.0 Å². The first-order chi connectivity index (χ1) is 18.0. The first-order valence-corrected chi connectivity index (χ1v) is 12.9. The SMILES string of the molecule is O=C(NCc1cccc(N2CCOC2=O)c1)Nc1nc2c(s1)-c1nc(-c3ccccc3Cl)ncc1CC2. The molecule has 2 aliphatic rings. The summed E-state index contributed by atoms with van der Waals surface area (Å²) in [5.41, 5.74) is 5.16. The van der Waals surface area contributed by atoms with Gasteiger partial charge in [0.15, 0.2) is 11.0 Å². The van der Waals surface area contributed by atoms with Crippen molar-refractivity contribution < 1.29 is 14.3 Å². The lowest BCUT2D eigenvalue weighted by molar-refractivity contribution is 0.181. The summed E-state index contributed by atoms with van der Waals surface area (Å²) >= 11 is 7.75. The number of hydrogen-bond donors (Lipinski definition) is 2. The van der Waals surface area contributed by atoms with Crippen LogP contribution in [-0.2, 0) is 24.1 Å². The summed E-state index contributed by atoms with van der Waals surface area (Å²) in [6.07, 6.45) is 3.02. The Morgan fingerprint density at radius 2 is 2.03 bits per heavy atom. The van der Waals surface area contributed by atoms with Crippen molar-refractivity contribution in [2.75, 3.05) is 23.4 Å². The molecule has 0 saturated carbocycles. The molecule has 37 heavy (non-hydrogen) atoms. The highest BCUT2D eigenvalue weighted by Gasteiger charge is 2.25. The molecule has 0 bridgehead atoms. The summed E-state index contributed by atoms with van der Waals surface area (Å²) in [4.78, 5) is 40.9. The van der Waals surface area contributed by atoms with Gasteiger partial charge in [-0.15, -0.1) is 0 Å². The van der Waals surface area contributed by atoms with Gasteiger partial charge in [0.2, 0.25) is 0 Å². The van der Waals surface area contributed by atoms with E-state index in [1.165, 1.54) is 11.3 Å². The van der Waals surface area contributed by atoms with Crippen LogP contribution in [-0.4, -0.2) is 40.2 Å². The van der Waals surface area contributed by atoms with Crippen LogP contribution in [0.1, 0.15) is 16.8 Å². The molecule has 2 aromatic heterocycles. The number of ether oxygens (including phenoxy) is 1. The molecule has 11 heteroatoms. The van der Waals surface area contributed by atoms with Crippen molar-refractivity contribution in [3.63, 3.8) is 0 Å². The van der Waals surface area contributed by atoms with Gasteiger partial charge in [-0.05, 0) is 48.2 Å². The van der Waals surface area contributed by atoms with Gasteiger partial charge in [-0.25, -0.2) is 24.5 Å². The van der Waals surface area contributed by atoms with E-state index in [4.69, 9.17) is 21.3 Å². The molecule has 186 valence electrons. The predicted molar refractivity (Wildman–Crippen MR) is 142 cm³/mol. The van der Waals surface area contributed by atoms with Crippen molar-refractivity contribution in [1.82, 2.24) is 20.3 Å². The minimum absolute atomic E-state index is 0.297. The van der Waals surface area contributed by atoms with Crippen molar-refractivity contribution in [1.29, 1.82) is 0 Å². The number of anilines is 2. The third-order valence-electron chi connectivity index (χ3n) is 6.18. The maximum absolute atomic E-state index is 12.6. The van der Waals surface area contributed by atoms with Crippen LogP contribution < -0.4 is 15.5 Å². The van der Waals surface area contributed by atoms with Crippen molar-refractivity contribution in [2.24, 2.45) is 0 Å². The van der Waals surface area contributed by atoms with Gasteiger partial charge in [0.25, 0.3) is 0 Å². The van der Waals surface area contributed by atoms with Crippen LogP contribution >= 0.6 is 22.9 Å². The van der Waals surface area contributed by atoms with Gasteiger partial charge in [-0.1, -0.05) is 47.2 Å². The summed E-state index contributed by atoms with van der Waals surface area (Å²) in [5, 5.41) is 6.79. The third-order valence-corrected chi connectivity index (χ3v) is 7.53. The van der Waals surface area contributed by atoms with Crippen LogP contribution in [0, 0.1) is 0 Å². The highest BCUT2D eigenvalue weighted by molar-refractivity contribution is 7.19. The van der Waals surface area contributed by atoms with Crippen LogP contribution in [0.25, 0.3) is 22.0 Å². The van der Waals surface area contributed by atoms with E-state index >= 15 is 0 Å². The fourth-order valence-corrected chi connectivity index (χ4v) is 5.61. The lowest BCUT2D eigenvalue weighted by Crippen LogP contribution is -2.28. The molecule has 6 rings (SSSR count). The standard InChI is InChI=1S/C26H21ClN6O3S/c27-19-7-2-1-6-18(19)23-28-14-16-8-9-20-22(21(16)31-23)37-25(30-20)32-24(34)29-13-15-4-3-5-17(12-15)33-10-11-36-26(33)35/h1-7,12,14H,8-11,13H2,(H2,29,30,32,34). The second-order valence-electron chi connectivity index (χ2n) is 8.59. The quantitative estimate of drug-likeness (QED) is 0.361. The van der Waals surface area contributed by atoms with Crippen molar-refractivity contribution in [3.05, 3.63) is 76.6 Å². The van der Waals surface area contributed by atoms with E-state index < -0.39 is 0 Å². The predicted octanol–water partition coefficient (Wildman–Crippen LogP) is 5.30. The normalized spacial score (nSPS) is 14.1. The Morgan fingerprint density at radius 1 is 1.14 bits per heavy atom. The number of nitrogens with one attached hydrogen (secondary N) is 2. The van der Waals surface area contributed by atoms with Crippen LogP contribution in [0.4, 0.5) is 20.4 Å². The molecule has 2 N–H and O–H groups in total. The number of carbonyl (C=O) groups is 2. The van der Waals surface area contributed by atoms with Crippen LogP contribution in [0.5, 0.6) is 0 Å². The van der Waals surface area contributed by atoms with Gasteiger partial charge < -0.3 is 10.1 Å². The molecular formula is C26H21ClN6O3S. The minimum Gasteiger partial charge on any atom is -0.447 e. The number of carbonyl (C=O) groups excluding carboxylic acids is 2. The highest BCUT2D eigenvalue weighted by atomic mass is 35.5. The number of fused-ring (bicyclic) bond motifs is 3. The molecule has 3 heterocycles. The van der Waals surface area contributed by atoms with Crippen LogP contribution in [0.2, 0.25) is 5.02 Å². The fraction of sp³-hybridized carbons (Fsp3) is 0.192. The molecule has 1 saturated heterocycles. The number of rotatable bonds is 5. The molecule has 2 aromatic carbocycles. The molecule has 0 atom stereocenters. The Balaban J connectivity index is 1.15. The molecular weight excluding hydrogens is 512 g/mol. The average Bonchev–Trinajstić information content (AvgIpc) is 3.53. The lowest BCUT2D eigenvalue weighted by atomic mass is 9.99. The molecule has 9 nitrogen and oxygen atoms in total. The van der Waals surface area contributed by atoms with Gasteiger partial charge in [0, 0.05) is 24.0 Å². The molecule has 0 unspecified atom stereocenters. The molecule has 0 spiro atoms. The van der Waals surface area contributed by atoms with Gasteiger partial charge in [-0.2, -0.15) is 0 Å². The van der Waals surface area contributed by atoms with Crippen molar-refractivity contribution >= 4 is 45.9 Å². The Labute approximate surface area is 221 Å². The van der Waals surface area contributed by atoms with Gasteiger partial charge in [0.05, 0.1) is 27.8 Å². The Hall–Kier alpha value is -4.02. The molecule has 0 radical (unpaired) electrons. The maximum Gasteiger partial charge on any atom is 0.414 e. The van der Waals surface area contributed by atoms with Crippen LogP contribution in [0.15, 0.2) is 54.7 Å². The number of cyclic esters (lactones) is 1. The average molecular weight is 533 g/mol. The second kappa shape index (κ2) is 9.79. The van der Waals surface area contributed by atoms with Crippen LogP contribution in [0.3, 0.4) is 0 Å². The zero-order valence-electron chi connectivity index (χ0n) is 19.5. The van der Waals surface area contributed by atoms with E-state index in [2.05, 4.69) is 20.6 Å². The monoisotopic (exact) mass is 532 g/mol. The van der Waals surface area contributed by atoms with Crippen molar-refractivity contribution in [2.45, 2.75) is 19.4 Å². The number of urea groups is 1. The summed E-state index contributed by atoms with van der Waals surface area (Å²) in [6.45, 7) is 1.18. The van der Waals surface area contributed by atoms with E-state index in [0.29, 0.717) is 35.7 Å². The number of hydrogen-bond acceptors (Lipinski definition) is 7. The van der Waals surface area contributed by atoms with Gasteiger partial charge in [-0.3, -0.25) is 10.2 Å². The number of halogens is 1. The van der Waals surface area contributed by atoms with E-state index in [-0.39, 0.29) is 12.1 Å². The lowest BCUT2D eigenvalue weighted by Gasteiger charge is -2.14. The third kappa shape index (κ3) is 4.73. The number of aromatic nitrogens is 3. The topological polar surface area (TPSA) is 109 Å². The maximum atomic E-state index is 12.6. The number of aryl methyl sites for hydroxylation is 2. The van der Waals surface area contributed by atoms with Gasteiger partial charge in [0.1, 0.15) is 6.61 Å². The fourth-order valence-electron chi connectivity index (χ4n) is 4.36. The molecule has 1 aliphatic heterocycles. The first kappa shape index (κ1) is 23.4. The van der Waals surface area contributed by atoms with E-state index in [1.54, 1.807) is 4.90 Å². The molecule has 4 aromatic rings. The first-order valence-electron chi connectivity index (χ1n) is 11.7. The summed E-state index contributed by atoms with van der Waals surface area (Å²) in [6, 6.07) is 14.6. The Morgan fingerprint density at radius 3 is 2.86 bits per heavy atom. The zero-order valence-corrected chi connectivity index (χ0v) is 21.1. The smallest absolute Gasteiger partial charge is 0.414 e. The summed E-state index contributed by atoms with van der Waals surface area (Å²) in [5.74, 6) is 0.558. The minimum atomic E-state index is -0.364. The molecule has 1 aliphatic carbocycles. The highest BCUT2D eigenvalue weighted by Crippen LogP contribution is 2.39. The Kier molecular flexibility index (Phi) is 6.19. The van der Waals surface area contributed by atoms with E-state index in [0.717, 1.165) is 51.5 Å². The van der Waals surface area contributed by atoms with E-state index in [1.807, 2.05) is 54.7 Å². The summed E-state index contributed by atoms with van der Waals surface area (Å²) in [7, 11) is 0. The van der Waals surface area contributed by atoms with E-state index in [9.17, 15) is 9.59 Å². The number of thiazole rings is 1. The van der Waals surface area contributed by atoms with Gasteiger partial charge >= 0.3 is 12.1 Å². The largest absolute Gasteiger partial charge is 0.447 e. The Bertz CT molecular complexity index is 1520. The number of nitrogens with zero attached hydrogens (tertiary/aromatic N) is 4. The summed E-state index contributed by atoms with van der Waals surface area (Å²) < 4.78 is 5.00. The molecule has 1 fully saturated rings. The molecule has 3 amide bonds. The second-order valence-corrected chi connectivity index (χ2v) is 9.99.